The average molecular weight is 293 g/mol. The molecule has 0 saturated heterocycles. The molecule has 5 nitrogen and oxygen atoms in total. The van der Waals surface area contributed by atoms with Crippen LogP contribution in [-0.2, 0) is 9.59 Å². The fourth-order valence-electron chi connectivity index (χ4n) is 1.62. The minimum atomic E-state index is -0.898. The van der Waals surface area contributed by atoms with Crippen LogP contribution in [0.1, 0.15) is 25.7 Å². The zero-order valence-electron chi connectivity index (χ0n) is 11.4. The molecule has 0 atom stereocenters. The predicted molar refractivity (Wildman–Crippen MR) is 75.5 cm³/mol. The van der Waals surface area contributed by atoms with Crippen LogP contribution in [0.5, 0.6) is 5.75 Å². The third-order valence-corrected chi connectivity index (χ3v) is 2.57. The highest BCUT2D eigenvalue weighted by molar-refractivity contribution is 5.92. The topological polar surface area (TPSA) is 75.6 Å². The minimum absolute atomic E-state index is 0.00706. The van der Waals surface area contributed by atoms with E-state index in [1.807, 2.05) is 0 Å². The maximum absolute atomic E-state index is 13.2. The summed E-state index contributed by atoms with van der Waals surface area (Å²) in [5.41, 5.74) is 0.202. The smallest absolute Gasteiger partial charge is 0.303 e. The van der Waals surface area contributed by atoms with Crippen molar-refractivity contribution in [2.45, 2.75) is 25.7 Å². The summed E-state index contributed by atoms with van der Waals surface area (Å²) in [6, 6.07) is 3.72. The van der Waals surface area contributed by atoms with Gasteiger partial charge in [-0.25, -0.2) is 4.39 Å². The summed E-state index contributed by atoms with van der Waals surface area (Å²) in [4.78, 5) is 22.1. The Kier molecular flexibility index (Phi) is 6.75. The number of aliphatic carboxylic acids is 1. The monoisotopic (exact) mass is 293 g/mol. The second kappa shape index (κ2) is 8.59. The maximum Gasteiger partial charge on any atom is 0.303 e. The normalized spacial score (nSPS) is 9.71. The molecule has 0 radical (unpaired) electrons. The number of unbranched alkanes of at least 4 members (excludes halogenated alkanes) is 1. The maximum atomic E-state index is 13.2. The summed E-state index contributed by atoms with van der Waals surface area (Å²) in [6.07, 6.45) is 6.10. The quantitative estimate of drug-likeness (QED) is 0.570. The standard InChI is InChI=1S/C15H16FNO4/c1-2-9-21-13-8-7-11(16)10-12(13)17-14(18)5-3-4-6-15(19)20/h1,7-8,10H,3-6,9H2,(H,17,18)(H,19,20). The fourth-order valence-corrected chi connectivity index (χ4v) is 1.62. The predicted octanol–water partition coefficient (Wildman–Crippen LogP) is 2.42. The molecule has 0 fully saturated rings. The van der Waals surface area contributed by atoms with E-state index in [2.05, 4.69) is 11.2 Å². The van der Waals surface area contributed by atoms with Crippen molar-refractivity contribution in [3.05, 3.63) is 24.0 Å². The van der Waals surface area contributed by atoms with Gasteiger partial charge in [-0.2, -0.15) is 0 Å². The van der Waals surface area contributed by atoms with Gasteiger partial charge in [0.05, 0.1) is 5.69 Å². The number of terminal acetylenes is 1. The van der Waals surface area contributed by atoms with Crippen LogP contribution in [0.4, 0.5) is 10.1 Å². The number of carbonyl (C=O) groups excluding carboxylic acids is 1. The first-order valence-corrected chi connectivity index (χ1v) is 6.40. The molecule has 0 aliphatic rings. The number of ether oxygens (including phenoxy) is 1. The highest BCUT2D eigenvalue weighted by Gasteiger charge is 2.09. The first-order chi connectivity index (χ1) is 10.0. The molecule has 2 N–H and O–H groups in total. The molecule has 0 unspecified atom stereocenters. The van der Waals surface area contributed by atoms with E-state index in [1.165, 1.54) is 12.1 Å². The molecule has 1 aromatic rings. The van der Waals surface area contributed by atoms with Crippen LogP contribution in [0.25, 0.3) is 0 Å². The largest absolute Gasteiger partial charge is 0.481 e. The van der Waals surface area contributed by atoms with Crippen LogP contribution in [0.3, 0.4) is 0 Å². The average Bonchev–Trinajstić information content (AvgIpc) is 2.42. The second-order valence-corrected chi connectivity index (χ2v) is 4.28. The zero-order chi connectivity index (χ0) is 15.7. The number of benzene rings is 1. The number of nitrogens with one attached hydrogen (secondary N) is 1. The summed E-state index contributed by atoms with van der Waals surface area (Å²) in [5, 5.41) is 11.0. The van der Waals surface area contributed by atoms with Gasteiger partial charge in [0.25, 0.3) is 0 Å². The molecule has 1 rings (SSSR count). The number of carboxylic acid groups (broad SMARTS) is 1. The summed E-state index contributed by atoms with van der Waals surface area (Å²) < 4.78 is 18.4. The molecule has 0 aliphatic carbocycles. The molecule has 0 aromatic heterocycles. The van der Waals surface area contributed by atoms with Crippen molar-refractivity contribution in [1.29, 1.82) is 0 Å². The summed E-state index contributed by atoms with van der Waals surface area (Å²) >= 11 is 0. The highest BCUT2D eigenvalue weighted by atomic mass is 19.1. The van der Waals surface area contributed by atoms with Crippen LogP contribution in [0.2, 0.25) is 0 Å². The van der Waals surface area contributed by atoms with E-state index >= 15 is 0 Å². The van der Waals surface area contributed by atoms with E-state index in [4.69, 9.17) is 16.3 Å². The van der Waals surface area contributed by atoms with E-state index in [0.29, 0.717) is 12.8 Å². The number of rotatable bonds is 8. The van der Waals surface area contributed by atoms with Gasteiger partial charge >= 0.3 is 5.97 Å². The molecular weight excluding hydrogens is 277 g/mol. The van der Waals surface area contributed by atoms with E-state index < -0.39 is 11.8 Å². The number of carbonyl (C=O) groups is 2. The van der Waals surface area contributed by atoms with Crippen molar-refractivity contribution in [3.8, 4) is 18.1 Å². The number of hydrogen-bond acceptors (Lipinski definition) is 3. The van der Waals surface area contributed by atoms with E-state index in [-0.39, 0.29) is 36.8 Å². The molecule has 112 valence electrons. The zero-order valence-corrected chi connectivity index (χ0v) is 11.4. The van der Waals surface area contributed by atoms with Gasteiger partial charge in [0.1, 0.15) is 18.2 Å². The first kappa shape index (κ1) is 16.5. The van der Waals surface area contributed by atoms with E-state index in [1.54, 1.807) is 0 Å². The van der Waals surface area contributed by atoms with E-state index in [0.717, 1.165) is 6.07 Å². The third kappa shape index (κ3) is 6.43. The van der Waals surface area contributed by atoms with Gasteiger partial charge in [-0.1, -0.05) is 5.92 Å². The Balaban J connectivity index is 2.56. The van der Waals surface area contributed by atoms with Crippen molar-refractivity contribution in [3.63, 3.8) is 0 Å². The molecular formula is C15H16FNO4. The van der Waals surface area contributed by atoms with Gasteiger partial charge in [-0.3, -0.25) is 9.59 Å². The number of anilines is 1. The minimum Gasteiger partial charge on any atom is -0.481 e. The first-order valence-electron chi connectivity index (χ1n) is 6.40. The highest BCUT2D eigenvalue weighted by Crippen LogP contribution is 2.25. The molecule has 1 amide bonds. The summed E-state index contributed by atoms with van der Waals surface area (Å²) in [7, 11) is 0. The Hall–Kier alpha value is -2.55. The number of carboxylic acids is 1. The third-order valence-electron chi connectivity index (χ3n) is 2.57. The Bertz CT molecular complexity index is 551. The van der Waals surface area contributed by atoms with Crippen LogP contribution in [0, 0.1) is 18.2 Å². The number of amides is 1. The van der Waals surface area contributed by atoms with Crippen LogP contribution < -0.4 is 10.1 Å². The van der Waals surface area contributed by atoms with Crippen molar-refractivity contribution in [2.75, 3.05) is 11.9 Å². The molecule has 0 aliphatic heterocycles. The van der Waals surface area contributed by atoms with E-state index in [9.17, 15) is 14.0 Å². The second-order valence-electron chi connectivity index (χ2n) is 4.28. The summed E-state index contributed by atoms with van der Waals surface area (Å²) in [6.45, 7) is 0.00706. The number of hydrogen-bond donors (Lipinski definition) is 2. The SMILES string of the molecule is C#CCOc1ccc(F)cc1NC(=O)CCCCC(=O)O. The molecule has 1 aromatic carbocycles. The van der Waals surface area contributed by atoms with Gasteiger partial charge in [0.15, 0.2) is 0 Å². The molecule has 0 heterocycles. The lowest BCUT2D eigenvalue weighted by Gasteiger charge is -2.11. The van der Waals surface area contributed by atoms with Crippen molar-refractivity contribution < 1.29 is 23.8 Å². The molecule has 0 saturated carbocycles. The molecule has 0 spiro atoms. The molecule has 6 heteroatoms. The van der Waals surface area contributed by atoms with Crippen molar-refractivity contribution >= 4 is 17.6 Å². The fraction of sp³-hybridized carbons (Fsp3) is 0.333. The van der Waals surface area contributed by atoms with Crippen LogP contribution in [0.15, 0.2) is 18.2 Å². The Morgan fingerprint density at radius 3 is 2.71 bits per heavy atom. The van der Waals surface area contributed by atoms with Gasteiger partial charge in [0.2, 0.25) is 5.91 Å². The lowest BCUT2D eigenvalue weighted by atomic mass is 10.2. The molecule has 21 heavy (non-hydrogen) atoms. The van der Waals surface area contributed by atoms with Gasteiger partial charge in [-0.05, 0) is 25.0 Å². The summed E-state index contributed by atoms with van der Waals surface area (Å²) in [5.74, 6) is 0.821. The van der Waals surface area contributed by atoms with Crippen molar-refractivity contribution in [2.24, 2.45) is 0 Å². The lowest BCUT2D eigenvalue weighted by Crippen LogP contribution is -2.13. The van der Waals surface area contributed by atoms with Gasteiger partial charge < -0.3 is 15.2 Å². The van der Waals surface area contributed by atoms with Crippen molar-refractivity contribution in [1.82, 2.24) is 0 Å². The lowest BCUT2D eigenvalue weighted by molar-refractivity contribution is -0.137. The number of halogens is 1. The molecule has 0 bridgehead atoms. The van der Waals surface area contributed by atoms with Gasteiger partial charge in [0, 0.05) is 18.9 Å². The Morgan fingerprint density at radius 1 is 1.33 bits per heavy atom. The van der Waals surface area contributed by atoms with Gasteiger partial charge in [-0.15, -0.1) is 6.42 Å². The Morgan fingerprint density at radius 2 is 2.05 bits per heavy atom. The van der Waals surface area contributed by atoms with Crippen LogP contribution in [-0.4, -0.2) is 23.6 Å². The van der Waals surface area contributed by atoms with Crippen LogP contribution >= 0.6 is 0 Å². The Labute approximate surface area is 122 Å².